The van der Waals surface area contributed by atoms with Gasteiger partial charge >= 0.3 is 5.97 Å². The van der Waals surface area contributed by atoms with Crippen LogP contribution in [0.15, 0.2) is 29.2 Å². The van der Waals surface area contributed by atoms with Gasteiger partial charge in [0.2, 0.25) is 0 Å². The molecule has 16 heavy (non-hydrogen) atoms. The number of methoxy groups -OCH3 is 2. The zero-order chi connectivity index (χ0) is 12.0. The second-order valence-corrected chi connectivity index (χ2v) is 4.63. The fourth-order valence-corrected chi connectivity index (χ4v) is 2.20. The topological polar surface area (TPSA) is 52.6 Å². The smallest absolute Gasteiger partial charge is 0.306 e. The van der Waals surface area contributed by atoms with Crippen LogP contribution in [0.3, 0.4) is 0 Å². The van der Waals surface area contributed by atoms with Gasteiger partial charge in [-0.1, -0.05) is 6.07 Å². The third-order valence-corrected chi connectivity index (χ3v) is 3.38. The summed E-state index contributed by atoms with van der Waals surface area (Å²) in [5.74, 6) is 0.569. The summed E-state index contributed by atoms with van der Waals surface area (Å²) in [5, 5.41) is 0. The van der Waals surface area contributed by atoms with Gasteiger partial charge in [-0.15, -0.1) is 0 Å². The van der Waals surface area contributed by atoms with Crippen molar-refractivity contribution in [3.63, 3.8) is 0 Å². The Morgan fingerprint density at radius 3 is 2.75 bits per heavy atom. The fraction of sp³-hybridized carbons (Fsp3) is 0.364. The molecule has 0 spiro atoms. The van der Waals surface area contributed by atoms with Crippen molar-refractivity contribution in [2.24, 2.45) is 0 Å². The molecule has 0 heterocycles. The molecule has 0 fully saturated rings. The molecular weight excluding hydrogens is 228 g/mol. The van der Waals surface area contributed by atoms with E-state index in [1.165, 1.54) is 7.11 Å². The number of rotatable bonds is 5. The van der Waals surface area contributed by atoms with Crippen molar-refractivity contribution < 1.29 is 18.5 Å². The average Bonchev–Trinajstić information content (AvgIpc) is 2.35. The first-order valence-electron chi connectivity index (χ1n) is 4.76. The molecule has 1 rings (SSSR count). The molecule has 1 aromatic rings. The minimum atomic E-state index is -1.20. The maximum absolute atomic E-state index is 11.8. The number of benzene rings is 1. The Kier molecular flexibility index (Phi) is 4.98. The van der Waals surface area contributed by atoms with Gasteiger partial charge in [0.15, 0.2) is 0 Å². The summed E-state index contributed by atoms with van der Waals surface area (Å²) in [7, 11) is 1.67. The summed E-state index contributed by atoms with van der Waals surface area (Å²) in [6.45, 7) is 0. The third-order valence-electron chi connectivity index (χ3n) is 2.02. The molecule has 5 heteroatoms. The van der Waals surface area contributed by atoms with Crippen molar-refractivity contribution >= 4 is 16.8 Å². The summed E-state index contributed by atoms with van der Waals surface area (Å²) in [4.78, 5) is 11.5. The molecule has 0 saturated heterocycles. The van der Waals surface area contributed by atoms with E-state index in [-0.39, 0.29) is 18.1 Å². The van der Waals surface area contributed by atoms with Crippen molar-refractivity contribution in [1.82, 2.24) is 0 Å². The molecule has 0 bridgehead atoms. The van der Waals surface area contributed by atoms with Crippen LogP contribution in [0.25, 0.3) is 0 Å². The molecule has 0 saturated carbocycles. The molecular formula is C11H14O4S. The van der Waals surface area contributed by atoms with Crippen molar-refractivity contribution in [1.29, 1.82) is 0 Å². The highest BCUT2D eigenvalue weighted by atomic mass is 32.2. The maximum Gasteiger partial charge on any atom is 0.306 e. The lowest BCUT2D eigenvalue weighted by molar-refractivity contribution is -0.140. The highest BCUT2D eigenvalue weighted by molar-refractivity contribution is 7.85. The first kappa shape index (κ1) is 12.7. The SMILES string of the molecule is COC(=O)CCS(=O)c1cccc(OC)c1. The van der Waals surface area contributed by atoms with Crippen LogP contribution in [0.4, 0.5) is 0 Å². The Labute approximate surface area is 97.0 Å². The van der Waals surface area contributed by atoms with E-state index in [9.17, 15) is 9.00 Å². The van der Waals surface area contributed by atoms with E-state index in [0.717, 1.165) is 0 Å². The molecule has 4 nitrogen and oxygen atoms in total. The predicted octanol–water partition coefficient (Wildman–Crippen LogP) is 1.37. The maximum atomic E-state index is 11.8. The van der Waals surface area contributed by atoms with Gasteiger partial charge in [-0.3, -0.25) is 9.00 Å². The molecule has 0 aliphatic carbocycles. The first-order valence-corrected chi connectivity index (χ1v) is 6.08. The summed E-state index contributed by atoms with van der Waals surface area (Å²) < 4.78 is 21.3. The molecule has 1 aromatic carbocycles. The Balaban J connectivity index is 2.62. The van der Waals surface area contributed by atoms with Crippen molar-refractivity contribution in [3.05, 3.63) is 24.3 Å². The second kappa shape index (κ2) is 6.27. The second-order valence-electron chi connectivity index (χ2n) is 3.05. The average molecular weight is 242 g/mol. The molecule has 0 radical (unpaired) electrons. The normalized spacial score (nSPS) is 11.9. The van der Waals surface area contributed by atoms with Crippen LogP contribution >= 0.6 is 0 Å². The standard InChI is InChI=1S/C11H14O4S/c1-14-9-4-3-5-10(8-9)16(13)7-6-11(12)15-2/h3-5,8H,6-7H2,1-2H3. The molecule has 88 valence electrons. The van der Waals surface area contributed by atoms with Gasteiger partial charge in [-0.2, -0.15) is 0 Å². The van der Waals surface area contributed by atoms with Crippen LogP contribution < -0.4 is 4.74 Å². The Morgan fingerprint density at radius 1 is 1.38 bits per heavy atom. The lowest BCUT2D eigenvalue weighted by atomic mass is 10.3. The van der Waals surface area contributed by atoms with Crippen LogP contribution in [0.2, 0.25) is 0 Å². The van der Waals surface area contributed by atoms with Crippen LogP contribution in [-0.4, -0.2) is 30.2 Å². The van der Waals surface area contributed by atoms with Crippen LogP contribution in [0.5, 0.6) is 5.75 Å². The van der Waals surface area contributed by atoms with Gasteiger partial charge in [0.05, 0.1) is 31.4 Å². The van der Waals surface area contributed by atoms with Gasteiger partial charge in [-0.25, -0.2) is 0 Å². The van der Waals surface area contributed by atoms with Crippen LogP contribution in [0.1, 0.15) is 6.42 Å². The minimum Gasteiger partial charge on any atom is -0.497 e. The molecule has 0 aromatic heterocycles. The zero-order valence-electron chi connectivity index (χ0n) is 9.26. The first-order chi connectivity index (χ1) is 7.67. The number of carbonyl (C=O) groups excluding carboxylic acids is 1. The largest absolute Gasteiger partial charge is 0.497 e. The van der Waals surface area contributed by atoms with Gasteiger partial charge in [0.1, 0.15) is 5.75 Å². The van der Waals surface area contributed by atoms with Gasteiger partial charge < -0.3 is 9.47 Å². The number of ether oxygens (including phenoxy) is 2. The van der Waals surface area contributed by atoms with Gasteiger partial charge in [-0.05, 0) is 18.2 Å². The third kappa shape index (κ3) is 3.66. The molecule has 1 unspecified atom stereocenters. The number of carbonyl (C=O) groups is 1. The van der Waals surface area contributed by atoms with E-state index in [0.29, 0.717) is 10.6 Å². The molecule has 0 aliphatic heterocycles. The summed E-state index contributed by atoms with van der Waals surface area (Å²) >= 11 is 0. The number of hydrogen-bond acceptors (Lipinski definition) is 4. The summed E-state index contributed by atoms with van der Waals surface area (Å²) in [5.41, 5.74) is 0. The monoisotopic (exact) mass is 242 g/mol. The molecule has 1 atom stereocenters. The molecule has 0 amide bonds. The van der Waals surface area contributed by atoms with Crippen LogP contribution in [0, 0.1) is 0 Å². The quantitative estimate of drug-likeness (QED) is 0.732. The Hall–Kier alpha value is -1.36. The van der Waals surface area contributed by atoms with E-state index in [4.69, 9.17) is 4.74 Å². The fourth-order valence-electron chi connectivity index (χ4n) is 1.14. The highest BCUT2D eigenvalue weighted by Crippen LogP contribution is 2.16. The Morgan fingerprint density at radius 2 is 2.12 bits per heavy atom. The van der Waals surface area contributed by atoms with Gasteiger partial charge in [0.25, 0.3) is 0 Å². The molecule has 0 N–H and O–H groups in total. The van der Waals surface area contributed by atoms with E-state index in [1.807, 2.05) is 0 Å². The van der Waals surface area contributed by atoms with E-state index in [2.05, 4.69) is 4.74 Å². The number of hydrogen-bond donors (Lipinski definition) is 0. The summed E-state index contributed by atoms with van der Waals surface area (Å²) in [6, 6.07) is 6.99. The van der Waals surface area contributed by atoms with Crippen LogP contribution in [-0.2, 0) is 20.3 Å². The van der Waals surface area contributed by atoms with E-state index in [1.54, 1.807) is 31.4 Å². The van der Waals surface area contributed by atoms with Crippen molar-refractivity contribution in [2.75, 3.05) is 20.0 Å². The van der Waals surface area contributed by atoms with Gasteiger partial charge in [0, 0.05) is 10.6 Å². The van der Waals surface area contributed by atoms with Crippen molar-refractivity contribution in [3.8, 4) is 5.75 Å². The lowest BCUT2D eigenvalue weighted by Crippen LogP contribution is -2.07. The highest BCUT2D eigenvalue weighted by Gasteiger charge is 2.08. The van der Waals surface area contributed by atoms with Crippen molar-refractivity contribution in [2.45, 2.75) is 11.3 Å². The number of esters is 1. The Bertz CT molecular complexity index is 389. The lowest BCUT2D eigenvalue weighted by Gasteiger charge is -2.04. The predicted molar refractivity (Wildman–Crippen MR) is 60.9 cm³/mol. The molecule has 0 aliphatic rings. The van der Waals surface area contributed by atoms with E-state index < -0.39 is 10.8 Å². The van der Waals surface area contributed by atoms with E-state index >= 15 is 0 Å². The minimum absolute atomic E-state index is 0.153. The summed E-state index contributed by atoms with van der Waals surface area (Å²) in [6.07, 6.45) is 0.153. The zero-order valence-corrected chi connectivity index (χ0v) is 10.1.